The Hall–Kier alpha value is -1.44. The molecule has 1 N–H and O–H groups in total. The van der Waals surface area contributed by atoms with Gasteiger partial charge in [-0.05, 0) is 70.6 Å². The van der Waals surface area contributed by atoms with E-state index < -0.39 is 0 Å². The maximum atomic E-state index is 10.2. The molecule has 1 atom stereocenters. The van der Waals surface area contributed by atoms with Crippen LogP contribution in [-0.2, 0) is 12.8 Å². The van der Waals surface area contributed by atoms with Crippen LogP contribution < -0.4 is 4.74 Å². The van der Waals surface area contributed by atoms with Crippen molar-refractivity contribution in [1.29, 1.82) is 0 Å². The molecule has 1 unspecified atom stereocenters. The molecule has 0 bridgehead atoms. The number of benzene rings is 1. The van der Waals surface area contributed by atoms with Gasteiger partial charge in [-0.25, -0.2) is 0 Å². The van der Waals surface area contributed by atoms with Crippen LogP contribution in [0.15, 0.2) is 23.8 Å². The highest BCUT2D eigenvalue weighted by Gasteiger charge is 2.32. The molecule has 0 amide bonds. The number of allylic oxidation sites excluding steroid dienone is 2. The largest absolute Gasteiger partial charge is 0.508 e. The van der Waals surface area contributed by atoms with E-state index in [-0.39, 0.29) is 5.60 Å². The van der Waals surface area contributed by atoms with Gasteiger partial charge in [-0.3, -0.25) is 0 Å². The van der Waals surface area contributed by atoms with Crippen LogP contribution in [0.2, 0.25) is 0 Å². The fraction of sp³-hybridized carbons (Fsp3) is 0.579. The number of phenols is 1. The summed E-state index contributed by atoms with van der Waals surface area (Å²) in [7, 11) is 0. The summed E-state index contributed by atoms with van der Waals surface area (Å²) in [4.78, 5) is 0. The van der Waals surface area contributed by atoms with E-state index in [2.05, 4.69) is 39.8 Å². The van der Waals surface area contributed by atoms with Gasteiger partial charge in [-0.1, -0.05) is 25.0 Å². The lowest BCUT2D eigenvalue weighted by Gasteiger charge is -2.36. The molecule has 1 aromatic carbocycles. The Morgan fingerprint density at radius 3 is 2.81 bits per heavy atom. The minimum Gasteiger partial charge on any atom is -0.508 e. The second-order valence-electron chi connectivity index (χ2n) is 6.71. The summed E-state index contributed by atoms with van der Waals surface area (Å²) in [5.74, 6) is 1.30. The summed E-state index contributed by atoms with van der Waals surface area (Å²) >= 11 is 0. The summed E-state index contributed by atoms with van der Waals surface area (Å²) in [6.45, 7) is 8.61. The molecule has 0 radical (unpaired) electrons. The van der Waals surface area contributed by atoms with Crippen LogP contribution in [0.5, 0.6) is 11.5 Å². The standard InChI is InChI=1S/C19H28O2/c1-5-7-15-12-17(20)16-9-11-19(4,21-18(16)13-15)10-6-8-14(2)3/h8,12-13,20H,5-7,9-11H2,1-4H3. The van der Waals surface area contributed by atoms with Gasteiger partial charge in [0, 0.05) is 5.56 Å². The summed E-state index contributed by atoms with van der Waals surface area (Å²) < 4.78 is 6.28. The Bertz CT molecular complexity index is 527. The number of ether oxygens (including phenoxy) is 1. The smallest absolute Gasteiger partial charge is 0.127 e. The van der Waals surface area contributed by atoms with Crippen molar-refractivity contribution in [3.63, 3.8) is 0 Å². The van der Waals surface area contributed by atoms with Gasteiger partial charge in [0.25, 0.3) is 0 Å². The molecule has 0 aromatic heterocycles. The van der Waals surface area contributed by atoms with Gasteiger partial charge in [-0.15, -0.1) is 0 Å². The van der Waals surface area contributed by atoms with Crippen LogP contribution in [0.25, 0.3) is 0 Å². The molecule has 0 saturated carbocycles. The SMILES string of the molecule is CCCc1cc(O)c2c(c1)OC(C)(CCC=C(C)C)CC2. The summed E-state index contributed by atoms with van der Waals surface area (Å²) in [6, 6.07) is 4.02. The highest BCUT2D eigenvalue weighted by Crippen LogP contribution is 2.40. The number of aromatic hydroxyl groups is 1. The van der Waals surface area contributed by atoms with E-state index in [0.717, 1.165) is 49.8 Å². The summed E-state index contributed by atoms with van der Waals surface area (Å²) in [5.41, 5.74) is 3.39. The maximum absolute atomic E-state index is 10.2. The van der Waals surface area contributed by atoms with Crippen LogP contribution >= 0.6 is 0 Å². The first-order chi connectivity index (χ1) is 9.93. The fourth-order valence-corrected chi connectivity index (χ4v) is 3.01. The minimum atomic E-state index is -0.115. The average Bonchev–Trinajstić information content (AvgIpc) is 2.37. The molecule has 1 aromatic rings. The monoisotopic (exact) mass is 288 g/mol. The summed E-state index contributed by atoms with van der Waals surface area (Å²) in [6.07, 6.45) is 8.28. The van der Waals surface area contributed by atoms with Gasteiger partial charge in [0.2, 0.25) is 0 Å². The first-order valence-electron chi connectivity index (χ1n) is 8.10. The molecule has 0 saturated heterocycles. The van der Waals surface area contributed by atoms with Crippen LogP contribution in [0.3, 0.4) is 0 Å². The van der Waals surface area contributed by atoms with E-state index in [1.54, 1.807) is 0 Å². The second kappa shape index (κ2) is 6.55. The van der Waals surface area contributed by atoms with E-state index >= 15 is 0 Å². The van der Waals surface area contributed by atoms with Crippen LogP contribution in [0.4, 0.5) is 0 Å². The molecule has 1 heterocycles. The Labute approximate surface area is 128 Å². The lowest BCUT2D eigenvalue weighted by Crippen LogP contribution is -2.36. The number of rotatable bonds is 5. The Morgan fingerprint density at radius 2 is 2.14 bits per heavy atom. The van der Waals surface area contributed by atoms with E-state index in [1.807, 2.05) is 6.07 Å². The Kier molecular flexibility index (Phi) is 4.97. The van der Waals surface area contributed by atoms with Crippen molar-refractivity contribution in [2.75, 3.05) is 0 Å². The van der Waals surface area contributed by atoms with Crippen molar-refractivity contribution >= 4 is 0 Å². The van der Waals surface area contributed by atoms with Gasteiger partial charge in [0.1, 0.15) is 17.1 Å². The van der Waals surface area contributed by atoms with Gasteiger partial charge in [-0.2, -0.15) is 0 Å². The number of aryl methyl sites for hydroxylation is 1. The zero-order valence-corrected chi connectivity index (χ0v) is 13.8. The molecule has 1 aliphatic rings. The van der Waals surface area contributed by atoms with Gasteiger partial charge < -0.3 is 9.84 Å². The fourth-order valence-electron chi connectivity index (χ4n) is 3.01. The molecule has 0 aliphatic carbocycles. The molecule has 2 heteroatoms. The van der Waals surface area contributed by atoms with Gasteiger partial charge in [0.05, 0.1) is 0 Å². The topological polar surface area (TPSA) is 29.5 Å². The molecule has 0 spiro atoms. The third kappa shape index (κ3) is 4.03. The number of hydrogen-bond acceptors (Lipinski definition) is 2. The Morgan fingerprint density at radius 1 is 1.38 bits per heavy atom. The van der Waals surface area contributed by atoms with Crippen molar-refractivity contribution in [2.45, 2.75) is 71.8 Å². The lowest BCUT2D eigenvalue weighted by molar-refractivity contribution is 0.0563. The quantitative estimate of drug-likeness (QED) is 0.757. The van der Waals surface area contributed by atoms with Crippen molar-refractivity contribution in [3.05, 3.63) is 34.9 Å². The number of phenolic OH excluding ortho intramolecular Hbond substituents is 1. The predicted molar refractivity (Wildman–Crippen MR) is 88.1 cm³/mol. The van der Waals surface area contributed by atoms with Gasteiger partial charge in [0.15, 0.2) is 0 Å². The highest BCUT2D eigenvalue weighted by molar-refractivity contribution is 5.49. The molecular weight excluding hydrogens is 260 g/mol. The van der Waals surface area contributed by atoms with E-state index in [4.69, 9.17) is 4.74 Å². The minimum absolute atomic E-state index is 0.115. The first kappa shape index (κ1) is 15.9. The average molecular weight is 288 g/mol. The maximum Gasteiger partial charge on any atom is 0.127 e. The van der Waals surface area contributed by atoms with E-state index in [1.165, 1.54) is 11.1 Å². The van der Waals surface area contributed by atoms with Gasteiger partial charge >= 0.3 is 0 Å². The second-order valence-corrected chi connectivity index (χ2v) is 6.71. The normalized spacial score (nSPS) is 20.6. The lowest BCUT2D eigenvalue weighted by atomic mass is 9.87. The first-order valence-corrected chi connectivity index (χ1v) is 8.10. The van der Waals surface area contributed by atoms with Crippen molar-refractivity contribution in [3.8, 4) is 11.5 Å². The van der Waals surface area contributed by atoms with Crippen molar-refractivity contribution in [2.24, 2.45) is 0 Å². The molecule has 1 aliphatic heterocycles. The molecule has 116 valence electrons. The highest BCUT2D eigenvalue weighted by atomic mass is 16.5. The van der Waals surface area contributed by atoms with Crippen LogP contribution in [0, 0.1) is 0 Å². The molecule has 2 nitrogen and oxygen atoms in total. The molecular formula is C19H28O2. The molecule has 0 fully saturated rings. The van der Waals surface area contributed by atoms with Crippen molar-refractivity contribution < 1.29 is 9.84 Å². The number of hydrogen-bond donors (Lipinski definition) is 1. The molecule has 2 rings (SSSR count). The summed E-state index contributed by atoms with van der Waals surface area (Å²) in [5, 5.41) is 10.2. The molecule has 21 heavy (non-hydrogen) atoms. The Balaban J connectivity index is 2.16. The third-order valence-corrected chi connectivity index (χ3v) is 4.27. The van der Waals surface area contributed by atoms with E-state index in [0.29, 0.717) is 5.75 Å². The van der Waals surface area contributed by atoms with Crippen molar-refractivity contribution in [1.82, 2.24) is 0 Å². The third-order valence-electron chi connectivity index (χ3n) is 4.27. The zero-order chi connectivity index (χ0) is 15.5. The van der Waals surface area contributed by atoms with Crippen LogP contribution in [0.1, 0.15) is 64.5 Å². The predicted octanol–water partition coefficient (Wildman–Crippen LogP) is 5.17. The number of fused-ring (bicyclic) bond motifs is 1. The van der Waals surface area contributed by atoms with Crippen LogP contribution in [-0.4, -0.2) is 10.7 Å². The van der Waals surface area contributed by atoms with E-state index in [9.17, 15) is 5.11 Å². The zero-order valence-electron chi connectivity index (χ0n) is 13.8.